The Kier molecular flexibility index (Phi) is 21.3. The fourth-order valence-electron chi connectivity index (χ4n) is 5.90. The number of unbranched alkanes of at least 4 members (excludes halogenated alkanes) is 7. The number of hydrogen-bond donors (Lipinski definition) is 1. The molecule has 0 amide bonds. The largest absolute Gasteiger partial charge is 0.481 e. The van der Waals surface area contributed by atoms with Crippen molar-refractivity contribution >= 4 is 11.9 Å². The van der Waals surface area contributed by atoms with E-state index in [2.05, 4.69) is 41.5 Å². The van der Waals surface area contributed by atoms with Crippen LogP contribution >= 0.6 is 0 Å². The maximum atomic E-state index is 13.7. The smallest absolute Gasteiger partial charge is 0.312 e. The second-order valence-corrected chi connectivity index (χ2v) is 11.3. The van der Waals surface area contributed by atoms with Crippen molar-refractivity contribution in [3.8, 4) is 0 Å². The maximum Gasteiger partial charge on any atom is 0.312 e. The highest BCUT2D eigenvalue weighted by molar-refractivity contribution is 5.77. The van der Waals surface area contributed by atoms with Crippen LogP contribution in [-0.4, -0.2) is 23.7 Å². The van der Waals surface area contributed by atoms with Crippen molar-refractivity contribution < 1.29 is 19.4 Å². The summed E-state index contributed by atoms with van der Waals surface area (Å²) in [6, 6.07) is 0. The number of carboxylic acid groups (broad SMARTS) is 1. The molecule has 0 aliphatic rings. The summed E-state index contributed by atoms with van der Waals surface area (Å²) in [5.74, 6) is 0.914. The number of aliphatic carboxylic acids is 1. The molecule has 0 spiro atoms. The van der Waals surface area contributed by atoms with Crippen molar-refractivity contribution in [2.45, 2.75) is 164 Å². The second-order valence-electron chi connectivity index (χ2n) is 11.3. The van der Waals surface area contributed by atoms with E-state index in [0.717, 1.165) is 70.6 Å². The Morgan fingerprint density at radius 2 is 1.22 bits per heavy atom. The quantitative estimate of drug-likeness (QED) is 0.0980. The van der Waals surface area contributed by atoms with Gasteiger partial charge < -0.3 is 9.84 Å². The average Bonchev–Trinajstić information content (AvgIpc) is 2.88. The lowest BCUT2D eigenvalue weighted by atomic mass is 9.65. The summed E-state index contributed by atoms with van der Waals surface area (Å²) in [6.07, 6.45) is 20.2. The lowest BCUT2D eigenvalue weighted by Crippen LogP contribution is -2.41. The number of carboxylic acids is 1. The number of hydrogen-bond acceptors (Lipinski definition) is 3. The van der Waals surface area contributed by atoms with Crippen LogP contribution in [-0.2, 0) is 14.3 Å². The van der Waals surface area contributed by atoms with E-state index in [9.17, 15) is 9.59 Å². The van der Waals surface area contributed by atoms with Crippen LogP contribution in [0.15, 0.2) is 0 Å². The van der Waals surface area contributed by atoms with Crippen LogP contribution in [0.25, 0.3) is 0 Å². The van der Waals surface area contributed by atoms with Crippen LogP contribution in [0, 0.1) is 23.2 Å². The van der Waals surface area contributed by atoms with E-state index < -0.39 is 5.97 Å². The van der Waals surface area contributed by atoms with Crippen molar-refractivity contribution in [3.05, 3.63) is 0 Å². The fraction of sp³-hybridized carbons (Fsp3) is 0.938. The number of ether oxygens (including phenoxy) is 1. The van der Waals surface area contributed by atoms with Gasteiger partial charge in [0.05, 0.1) is 12.0 Å². The van der Waals surface area contributed by atoms with E-state index in [4.69, 9.17) is 9.84 Å². The van der Waals surface area contributed by atoms with Gasteiger partial charge in [0.2, 0.25) is 0 Å². The van der Waals surface area contributed by atoms with Gasteiger partial charge in [0.25, 0.3) is 0 Å². The third-order valence-corrected chi connectivity index (χ3v) is 8.80. The number of carbonyl (C=O) groups excluding carboxylic acids is 1. The first-order valence-electron chi connectivity index (χ1n) is 15.7. The predicted octanol–water partition coefficient (Wildman–Crippen LogP) is 9.98. The van der Waals surface area contributed by atoms with Gasteiger partial charge in [0.1, 0.15) is 0 Å². The molecule has 0 bridgehead atoms. The maximum absolute atomic E-state index is 13.7. The lowest BCUT2D eigenvalue weighted by molar-refractivity contribution is -0.163. The zero-order valence-corrected chi connectivity index (χ0v) is 25.0. The van der Waals surface area contributed by atoms with E-state index in [0.29, 0.717) is 24.4 Å². The Labute approximate surface area is 224 Å². The minimum Gasteiger partial charge on any atom is -0.481 e. The first-order chi connectivity index (χ1) is 17.3. The molecular formula is C32H62O4. The molecule has 36 heavy (non-hydrogen) atoms. The summed E-state index contributed by atoms with van der Waals surface area (Å²) < 4.78 is 6.12. The van der Waals surface area contributed by atoms with Gasteiger partial charge in [-0.25, -0.2) is 0 Å². The van der Waals surface area contributed by atoms with Gasteiger partial charge in [-0.3, -0.25) is 9.59 Å². The molecule has 0 aliphatic heterocycles. The molecular weight excluding hydrogens is 448 g/mol. The van der Waals surface area contributed by atoms with Crippen LogP contribution in [0.3, 0.4) is 0 Å². The Morgan fingerprint density at radius 3 is 1.72 bits per heavy atom. The molecule has 0 saturated carbocycles. The molecule has 0 aliphatic carbocycles. The SMILES string of the molecule is CCCCC(CC)COC(=O)C(CC)(CC)C(CCCCCCCCC(=O)O)CC(CC)CCCC. The minimum atomic E-state index is -0.690. The Morgan fingerprint density at radius 1 is 0.694 bits per heavy atom. The van der Waals surface area contributed by atoms with Crippen molar-refractivity contribution in [2.75, 3.05) is 6.61 Å². The molecule has 214 valence electrons. The number of carbonyl (C=O) groups is 2. The molecule has 4 heteroatoms. The normalized spacial score (nSPS) is 14.4. The summed E-state index contributed by atoms with van der Waals surface area (Å²) in [6.45, 7) is 14.0. The minimum absolute atomic E-state index is 0.0615. The second kappa shape index (κ2) is 22.0. The predicted molar refractivity (Wildman–Crippen MR) is 153 cm³/mol. The molecule has 0 radical (unpaired) electrons. The van der Waals surface area contributed by atoms with E-state index in [1.807, 2.05) is 0 Å². The molecule has 0 saturated heterocycles. The molecule has 0 fully saturated rings. The molecule has 0 aromatic rings. The summed E-state index contributed by atoms with van der Waals surface area (Å²) in [7, 11) is 0. The summed E-state index contributed by atoms with van der Waals surface area (Å²) in [5.41, 5.74) is -0.371. The molecule has 4 nitrogen and oxygen atoms in total. The van der Waals surface area contributed by atoms with E-state index in [-0.39, 0.29) is 17.8 Å². The van der Waals surface area contributed by atoms with Gasteiger partial charge in [0.15, 0.2) is 0 Å². The zero-order chi connectivity index (χ0) is 27.2. The highest BCUT2D eigenvalue weighted by Crippen LogP contribution is 2.44. The van der Waals surface area contributed by atoms with Crippen LogP contribution in [0.5, 0.6) is 0 Å². The van der Waals surface area contributed by atoms with E-state index in [1.165, 1.54) is 44.9 Å². The van der Waals surface area contributed by atoms with Gasteiger partial charge >= 0.3 is 11.9 Å². The van der Waals surface area contributed by atoms with Crippen LogP contribution in [0.2, 0.25) is 0 Å². The zero-order valence-electron chi connectivity index (χ0n) is 25.0. The van der Waals surface area contributed by atoms with Gasteiger partial charge in [-0.05, 0) is 56.3 Å². The van der Waals surface area contributed by atoms with Crippen molar-refractivity contribution in [2.24, 2.45) is 23.2 Å². The highest BCUT2D eigenvalue weighted by Gasteiger charge is 2.44. The highest BCUT2D eigenvalue weighted by atomic mass is 16.5. The van der Waals surface area contributed by atoms with Crippen LogP contribution < -0.4 is 0 Å². The molecule has 0 heterocycles. The molecule has 0 rings (SSSR count). The van der Waals surface area contributed by atoms with E-state index >= 15 is 0 Å². The van der Waals surface area contributed by atoms with Crippen molar-refractivity contribution in [1.29, 1.82) is 0 Å². The van der Waals surface area contributed by atoms with E-state index in [1.54, 1.807) is 0 Å². The van der Waals surface area contributed by atoms with Gasteiger partial charge in [-0.2, -0.15) is 0 Å². The first-order valence-corrected chi connectivity index (χ1v) is 15.7. The summed E-state index contributed by atoms with van der Waals surface area (Å²) in [4.78, 5) is 24.4. The van der Waals surface area contributed by atoms with Gasteiger partial charge in [-0.1, -0.05) is 119 Å². The Balaban J connectivity index is 5.29. The molecule has 0 aromatic carbocycles. The molecule has 1 N–H and O–H groups in total. The Bertz CT molecular complexity index is 540. The third kappa shape index (κ3) is 14.0. The molecule has 3 unspecified atom stereocenters. The van der Waals surface area contributed by atoms with Crippen molar-refractivity contribution in [1.82, 2.24) is 0 Å². The average molecular weight is 511 g/mol. The molecule has 3 atom stereocenters. The lowest BCUT2D eigenvalue weighted by Gasteiger charge is -2.39. The van der Waals surface area contributed by atoms with Crippen LogP contribution in [0.4, 0.5) is 0 Å². The third-order valence-electron chi connectivity index (χ3n) is 8.80. The topological polar surface area (TPSA) is 63.6 Å². The number of esters is 1. The first kappa shape index (κ1) is 34.9. The van der Waals surface area contributed by atoms with Crippen molar-refractivity contribution in [3.63, 3.8) is 0 Å². The molecule has 0 aromatic heterocycles. The summed E-state index contributed by atoms with van der Waals surface area (Å²) in [5, 5.41) is 8.81. The standard InChI is InChI=1S/C32H62O4/c1-7-13-21-27(9-3)25-29(23-19-17-15-16-18-20-24-30(33)34)32(11-5,12-6)31(35)36-26-28(10-4)22-14-8-2/h27-29H,7-26H2,1-6H3,(H,33,34). The monoisotopic (exact) mass is 510 g/mol. The Hall–Kier alpha value is -1.06. The van der Waals surface area contributed by atoms with Gasteiger partial charge in [-0.15, -0.1) is 0 Å². The number of rotatable bonds is 25. The van der Waals surface area contributed by atoms with Crippen LogP contribution in [0.1, 0.15) is 164 Å². The fourth-order valence-corrected chi connectivity index (χ4v) is 5.90. The van der Waals surface area contributed by atoms with Gasteiger partial charge in [0, 0.05) is 6.42 Å². The summed E-state index contributed by atoms with van der Waals surface area (Å²) >= 11 is 0.